The Balaban J connectivity index is 0.00000144. The molecule has 5 aliphatic rings. The molecular formula is C25H40Cl2N2O3. The van der Waals surface area contributed by atoms with Crippen LogP contribution in [0.2, 0.25) is 0 Å². The van der Waals surface area contributed by atoms with Gasteiger partial charge in [0.15, 0.2) is 0 Å². The summed E-state index contributed by atoms with van der Waals surface area (Å²) in [5.41, 5.74) is 1.69. The Kier molecular flexibility index (Phi) is 9.01. The minimum Gasteiger partial charge on any atom is -0.497 e. The van der Waals surface area contributed by atoms with Crippen molar-refractivity contribution in [3.8, 4) is 5.75 Å². The second kappa shape index (κ2) is 11.1. The van der Waals surface area contributed by atoms with Crippen LogP contribution < -0.4 is 9.64 Å². The Morgan fingerprint density at radius 3 is 2.03 bits per heavy atom. The van der Waals surface area contributed by atoms with Gasteiger partial charge in [0.05, 0.1) is 26.4 Å². The molecule has 1 N–H and O–H groups in total. The monoisotopic (exact) mass is 486 g/mol. The van der Waals surface area contributed by atoms with E-state index in [0.717, 1.165) is 62.8 Å². The standard InChI is InChI=1S/C25H38N2O3.2ClH/c1-29-24-4-2-22(3-5-24)27-8-6-26(7-9-27)16-23(28)17-30-18-25-13-19-10-20(14-25)12-21(11-19)15-25;;/h2-5,19-21,23,28H,6-18H2,1H3;2*1H. The van der Waals surface area contributed by atoms with E-state index in [-0.39, 0.29) is 30.9 Å². The number of methoxy groups -OCH3 is 1. The Hall–Kier alpha value is -0.720. The summed E-state index contributed by atoms with van der Waals surface area (Å²) in [4.78, 5) is 4.78. The number of hydrogen-bond acceptors (Lipinski definition) is 5. The topological polar surface area (TPSA) is 45.2 Å². The molecule has 1 unspecified atom stereocenters. The predicted octanol–water partition coefficient (Wildman–Crippen LogP) is 4.25. The predicted molar refractivity (Wildman–Crippen MR) is 134 cm³/mol. The summed E-state index contributed by atoms with van der Waals surface area (Å²) < 4.78 is 11.4. The number of aliphatic hydroxyl groups is 1. The fourth-order valence-electron chi connectivity index (χ4n) is 7.21. The first kappa shape index (κ1) is 25.9. The molecule has 182 valence electrons. The van der Waals surface area contributed by atoms with Crippen molar-refractivity contribution in [3.63, 3.8) is 0 Å². The lowest BCUT2D eigenvalue weighted by Crippen LogP contribution is -2.50. The highest BCUT2D eigenvalue weighted by Crippen LogP contribution is 2.60. The SMILES string of the molecule is COc1ccc(N2CCN(CC(O)COCC34CC5CC(CC(C5)C3)C4)CC2)cc1.Cl.Cl. The van der Waals surface area contributed by atoms with E-state index in [1.54, 1.807) is 7.11 Å². The molecule has 4 aliphatic carbocycles. The Bertz CT molecular complexity index is 674. The molecule has 32 heavy (non-hydrogen) atoms. The third-order valence-electron chi connectivity index (χ3n) is 8.16. The van der Waals surface area contributed by atoms with Crippen molar-refractivity contribution in [1.82, 2.24) is 4.90 Å². The van der Waals surface area contributed by atoms with Crippen LogP contribution in [-0.4, -0.2) is 69.2 Å². The number of anilines is 1. The number of ether oxygens (including phenoxy) is 2. The molecule has 0 radical (unpaired) electrons. The molecule has 0 amide bonds. The van der Waals surface area contributed by atoms with Crippen molar-refractivity contribution < 1.29 is 14.6 Å². The molecule has 4 saturated carbocycles. The van der Waals surface area contributed by atoms with Crippen LogP contribution in [0.1, 0.15) is 38.5 Å². The lowest BCUT2D eigenvalue weighted by molar-refractivity contribution is -0.107. The highest BCUT2D eigenvalue weighted by Gasteiger charge is 2.50. The number of β-amino-alcohol motifs (C(OH)–C–C–N with tert-alkyl or cyclic N) is 1. The van der Waals surface area contributed by atoms with Gasteiger partial charge in [-0.1, -0.05) is 0 Å². The number of piperazine rings is 1. The number of halogens is 2. The number of hydrogen-bond donors (Lipinski definition) is 1. The van der Waals surface area contributed by atoms with E-state index < -0.39 is 0 Å². The molecule has 0 spiro atoms. The molecule has 1 heterocycles. The zero-order chi connectivity index (χ0) is 20.6. The van der Waals surface area contributed by atoms with Crippen molar-refractivity contribution in [3.05, 3.63) is 24.3 Å². The number of benzene rings is 1. The minimum atomic E-state index is -0.383. The van der Waals surface area contributed by atoms with Gasteiger partial charge in [0, 0.05) is 38.4 Å². The van der Waals surface area contributed by atoms with Gasteiger partial charge in [0.1, 0.15) is 5.75 Å². The van der Waals surface area contributed by atoms with Crippen LogP contribution in [0.5, 0.6) is 5.75 Å². The van der Waals surface area contributed by atoms with Crippen LogP contribution in [0, 0.1) is 23.2 Å². The Morgan fingerprint density at radius 2 is 1.50 bits per heavy atom. The Labute approximate surface area is 205 Å². The van der Waals surface area contributed by atoms with Gasteiger partial charge in [0.25, 0.3) is 0 Å². The van der Waals surface area contributed by atoms with Gasteiger partial charge in [-0.05, 0) is 86.0 Å². The molecule has 0 aromatic heterocycles. The average molecular weight is 488 g/mol. The van der Waals surface area contributed by atoms with E-state index in [1.807, 2.05) is 12.1 Å². The molecule has 1 aliphatic heterocycles. The van der Waals surface area contributed by atoms with Gasteiger partial charge in [-0.25, -0.2) is 0 Å². The van der Waals surface area contributed by atoms with Gasteiger partial charge in [0.2, 0.25) is 0 Å². The first-order valence-corrected chi connectivity index (χ1v) is 12.0. The lowest BCUT2D eigenvalue weighted by atomic mass is 9.50. The van der Waals surface area contributed by atoms with Gasteiger partial charge >= 0.3 is 0 Å². The van der Waals surface area contributed by atoms with E-state index in [1.165, 1.54) is 44.2 Å². The molecule has 1 aromatic rings. The highest BCUT2D eigenvalue weighted by atomic mass is 35.5. The van der Waals surface area contributed by atoms with Crippen molar-refractivity contribution >= 4 is 30.5 Å². The number of rotatable bonds is 8. The van der Waals surface area contributed by atoms with Gasteiger partial charge in [-0.2, -0.15) is 0 Å². The molecule has 7 heteroatoms. The second-order valence-corrected chi connectivity index (χ2v) is 10.6. The van der Waals surface area contributed by atoms with Crippen molar-refractivity contribution in [2.75, 3.05) is 57.9 Å². The summed E-state index contributed by atoms with van der Waals surface area (Å²) in [7, 11) is 1.70. The van der Waals surface area contributed by atoms with Gasteiger partial charge < -0.3 is 19.5 Å². The molecule has 4 bridgehead atoms. The van der Waals surface area contributed by atoms with Crippen LogP contribution in [0.3, 0.4) is 0 Å². The summed E-state index contributed by atoms with van der Waals surface area (Å²) in [5.74, 6) is 3.79. The van der Waals surface area contributed by atoms with Crippen LogP contribution in [0.15, 0.2) is 24.3 Å². The third kappa shape index (κ3) is 5.85. The maximum Gasteiger partial charge on any atom is 0.119 e. The normalized spacial score (nSPS) is 32.2. The molecular weight excluding hydrogens is 447 g/mol. The first-order chi connectivity index (χ1) is 14.6. The van der Waals surface area contributed by atoms with Crippen LogP contribution >= 0.6 is 24.8 Å². The van der Waals surface area contributed by atoms with E-state index in [2.05, 4.69) is 21.9 Å². The number of nitrogens with zero attached hydrogens (tertiary/aromatic N) is 2. The average Bonchev–Trinajstić information content (AvgIpc) is 2.73. The Morgan fingerprint density at radius 1 is 0.938 bits per heavy atom. The highest BCUT2D eigenvalue weighted by molar-refractivity contribution is 5.85. The van der Waals surface area contributed by atoms with E-state index in [9.17, 15) is 5.11 Å². The summed E-state index contributed by atoms with van der Waals surface area (Å²) in [6.45, 7) is 6.03. The summed E-state index contributed by atoms with van der Waals surface area (Å²) >= 11 is 0. The van der Waals surface area contributed by atoms with E-state index in [0.29, 0.717) is 12.0 Å². The molecule has 1 aromatic carbocycles. The lowest BCUT2D eigenvalue weighted by Gasteiger charge is -2.56. The summed E-state index contributed by atoms with van der Waals surface area (Å²) in [6.07, 6.45) is 8.18. The molecule has 1 saturated heterocycles. The quantitative estimate of drug-likeness (QED) is 0.594. The van der Waals surface area contributed by atoms with Crippen molar-refractivity contribution in [2.45, 2.75) is 44.6 Å². The third-order valence-corrected chi connectivity index (χ3v) is 8.16. The van der Waals surface area contributed by atoms with Crippen LogP contribution in [-0.2, 0) is 4.74 Å². The van der Waals surface area contributed by atoms with E-state index >= 15 is 0 Å². The van der Waals surface area contributed by atoms with Crippen molar-refractivity contribution in [1.29, 1.82) is 0 Å². The van der Waals surface area contributed by atoms with Crippen LogP contribution in [0.25, 0.3) is 0 Å². The zero-order valence-electron chi connectivity index (χ0n) is 19.3. The molecule has 5 fully saturated rings. The minimum absolute atomic E-state index is 0. The van der Waals surface area contributed by atoms with Gasteiger partial charge in [-0.15, -0.1) is 24.8 Å². The maximum absolute atomic E-state index is 10.6. The van der Waals surface area contributed by atoms with Crippen LogP contribution in [0.4, 0.5) is 5.69 Å². The van der Waals surface area contributed by atoms with E-state index in [4.69, 9.17) is 9.47 Å². The second-order valence-electron chi connectivity index (χ2n) is 10.6. The zero-order valence-corrected chi connectivity index (χ0v) is 20.9. The van der Waals surface area contributed by atoms with Gasteiger partial charge in [-0.3, -0.25) is 4.90 Å². The summed E-state index contributed by atoms with van der Waals surface area (Å²) in [5, 5.41) is 10.6. The largest absolute Gasteiger partial charge is 0.497 e. The maximum atomic E-state index is 10.6. The number of aliphatic hydroxyl groups excluding tert-OH is 1. The fraction of sp³-hybridized carbons (Fsp3) is 0.760. The smallest absolute Gasteiger partial charge is 0.119 e. The fourth-order valence-corrected chi connectivity index (χ4v) is 7.21. The van der Waals surface area contributed by atoms with Crippen molar-refractivity contribution in [2.24, 2.45) is 23.2 Å². The molecule has 5 nitrogen and oxygen atoms in total. The summed E-state index contributed by atoms with van der Waals surface area (Å²) in [6, 6.07) is 8.29. The molecule has 1 atom stereocenters. The molecule has 6 rings (SSSR count). The first-order valence-electron chi connectivity index (χ1n) is 12.0.